The highest BCUT2D eigenvalue weighted by atomic mass is 32.1. The first-order valence-corrected chi connectivity index (χ1v) is 8.42. The van der Waals surface area contributed by atoms with E-state index in [0.717, 1.165) is 28.3 Å². The summed E-state index contributed by atoms with van der Waals surface area (Å²) < 4.78 is 38.4. The van der Waals surface area contributed by atoms with Crippen molar-refractivity contribution in [3.05, 3.63) is 53.4 Å². The molecule has 8 heteroatoms. The summed E-state index contributed by atoms with van der Waals surface area (Å²) in [5.74, 6) is 0.168. The van der Waals surface area contributed by atoms with E-state index in [0.29, 0.717) is 5.69 Å². The third kappa shape index (κ3) is 4.14. The van der Waals surface area contributed by atoms with Crippen LogP contribution in [0.3, 0.4) is 0 Å². The van der Waals surface area contributed by atoms with E-state index < -0.39 is 11.9 Å². The molecule has 0 atom stereocenters. The molecule has 0 aliphatic heterocycles. The van der Waals surface area contributed by atoms with Gasteiger partial charge in [-0.05, 0) is 41.3 Å². The number of rotatable bonds is 4. The van der Waals surface area contributed by atoms with E-state index in [2.05, 4.69) is 40.2 Å². The number of aromatic nitrogens is 3. The highest BCUT2D eigenvalue weighted by Crippen LogP contribution is 2.32. The molecule has 0 spiro atoms. The Labute approximate surface area is 146 Å². The Kier molecular flexibility index (Phi) is 4.71. The van der Waals surface area contributed by atoms with Gasteiger partial charge in [0.25, 0.3) is 0 Å². The summed E-state index contributed by atoms with van der Waals surface area (Å²) in [6.45, 7) is 4.10. The van der Waals surface area contributed by atoms with Crippen molar-refractivity contribution in [2.75, 3.05) is 5.32 Å². The second kappa shape index (κ2) is 6.79. The summed E-state index contributed by atoms with van der Waals surface area (Å²) in [6.07, 6.45) is -1.66. The lowest BCUT2D eigenvalue weighted by atomic mass is 9.99. The van der Waals surface area contributed by atoms with Crippen LogP contribution in [-0.2, 0) is 6.18 Å². The molecule has 0 radical (unpaired) electrons. The quantitative estimate of drug-likeness (QED) is 0.665. The number of halogens is 3. The fraction of sp³-hybridized carbons (Fsp3) is 0.235. The van der Waals surface area contributed by atoms with Crippen molar-refractivity contribution in [2.45, 2.75) is 25.9 Å². The summed E-state index contributed by atoms with van der Waals surface area (Å²) in [6, 6.07) is 6.64. The summed E-state index contributed by atoms with van der Waals surface area (Å²) in [5.41, 5.74) is 3.39. The van der Waals surface area contributed by atoms with Crippen LogP contribution in [0, 0.1) is 0 Å². The molecule has 130 valence electrons. The molecule has 0 bridgehead atoms. The monoisotopic (exact) mass is 364 g/mol. The molecule has 4 nitrogen and oxygen atoms in total. The van der Waals surface area contributed by atoms with Crippen molar-refractivity contribution < 1.29 is 13.2 Å². The predicted molar refractivity (Wildman–Crippen MR) is 92.0 cm³/mol. The Morgan fingerprint density at radius 3 is 2.60 bits per heavy atom. The Hall–Kier alpha value is -2.48. The first-order valence-electron chi connectivity index (χ1n) is 7.54. The molecule has 0 unspecified atom stereocenters. The maximum absolute atomic E-state index is 12.8. The fourth-order valence-electron chi connectivity index (χ4n) is 2.26. The van der Waals surface area contributed by atoms with E-state index >= 15 is 0 Å². The van der Waals surface area contributed by atoms with Gasteiger partial charge < -0.3 is 5.32 Å². The van der Waals surface area contributed by atoms with Gasteiger partial charge in [-0.2, -0.15) is 13.2 Å². The number of alkyl halides is 3. The zero-order valence-electron chi connectivity index (χ0n) is 13.5. The van der Waals surface area contributed by atoms with Crippen LogP contribution < -0.4 is 5.32 Å². The second-order valence-corrected chi connectivity index (χ2v) is 6.64. The van der Waals surface area contributed by atoms with E-state index in [4.69, 9.17) is 0 Å². The maximum atomic E-state index is 12.8. The van der Waals surface area contributed by atoms with Crippen LogP contribution in [0.2, 0.25) is 0 Å². The van der Waals surface area contributed by atoms with Crippen molar-refractivity contribution >= 4 is 23.0 Å². The van der Waals surface area contributed by atoms with Gasteiger partial charge in [0, 0.05) is 18.1 Å². The molecule has 0 saturated carbocycles. The molecule has 1 N–H and O–H groups in total. The van der Waals surface area contributed by atoms with Gasteiger partial charge in [0.1, 0.15) is 5.69 Å². The molecule has 0 aliphatic carbocycles. The van der Waals surface area contributed by atoms with Crippen LogP contribution in [0.15, 0.2) is 42.2 Å². The Morgan fingerprint density at radius 1 is 1.16 bits per heavy atom. The van der Waals surface area contributed by atoms with Crippen LogP contribution in [-0.4, -0.2) is 15.0 Å². The van der Waals surface area contributed by atoms with Crippen molar-refractivity contribution in [3.63, 3.8) is 0 Å². The lowest BCUT2D eigenvalue weighted by Crippen LogP contribution is -2.10. The SMILES string of the molecule is CC(C)c1cc(Nc2nccc(C(F)(F)F)n2)cc(-c2cncs2)c1. The molecule has 2 heterocycles. The number of benzene rings is 1. The zero-order valence-corrected chi connectivity index (χ0v) is 14.3. The topological polar surface area (TPSA) is 50.7 Å². The molecule has 0 fully saturated rings. The number of nitrogens with one attached hydrogen (secondary N) is 1. The smallest absolute Gasteiger partial charge is 0.324 e. The Balaban J connectivity index is 1.97. The molecule has 3 rings (SSSR count). The molecule has 0 aliphatic rings. The van der Waals surface area contributed by atoms with Crippen LogP contribution in [0.25, 0.3) is 10.4 Å². The Bertz CT molecular complexity index is 861. The van der Waals surface area contributed by atoms with Gasteiger partial charge in [-0.3, -0.25) is 4.98 Å². The molecular formula is C17H15F3N4S. The minimum Gasteiger partial charge on any atom is -0.324 e. The number of hydrogen-bond acceptors (Lipinski definition) is 5. The van der Waals surface area contributed by atoms with E-state index in [9.17, 15) is 13.2 Å². The highest BCUT2D eigenvalue weighted by Gasteiger charge is 2.32. The summed E-state index contributed by atoms with van der Waals surface area (Å²) >= 11 is 1.50. The molecule has 0 amide bonds. The van der Waals surface area contributed by atoms with Crippen LogP contribution in [0.1, 0.15) is 31.0 Å². The van der Waals surface area contributed by atoms with Gasteiger partial charge in [0.15, 0.2) is 0 Å². The second-order valence-electron chi connectivity index (χ2n) is 5.75. The van der Waals surface area contributed by atoms with Gasteiger partial charge in [-0.25, -0.2) is 9.97 Å². The van der Waals surface area contributed by atoms with Crippen molar-refractivity contribution in [2.24, 2.45) is 0 Å². The van der Waals surface area contributed by atoms with E-state index in [1.54, 1.807) is 11.7 Å². The van der Waals surface area contributed by atoms with Gasteiger partial charge in [-0.1, -0.05) is 13.8 Å². The average molecular weight is 364 g/mol. The summed E-state index contributed by atoms with van der Waals surface area (Å²) in [5, 5.41) is 2.88. The highest BCUT2D eigenvalue weighted by molar-refractivity contribution is 7.13. The van der Waals surface area contributed by atoms with Crippen molar-refractivity contribution in [1.82, 2.24) is 15.0 Å². The maximum Gasteiger partial charge on any atom is 0.433 e. The largest absolute Gasteiger partial charge is 0.433 e. The third-order valence-corrected chi connectivity index (χ3v) is 4.36. The van der Waals surface area contributed by atoms with E-state index in [1.165, 1.54) is 11.3 Å². The lowest BCUT2D eigenvalue weighted by molar-refractivity contribution is -0.141. The number of nitrogens with zero attached hydrogens (tertiary/aromatic N) is 3. The van der Waals surface area contributed by atoms with Crippen molar-refractivity contribution in [1.29, 1.82) is 0 Å². The van der Waals surface area contributed by atoms with Gasteiger partial charge in [0.2, 0.25) is 5.95 Å². The first-order chi connectivity index (χ1) is 11.8. The molecular weight excluding hydrogens is 349 g/mol. The number of hydrogen-bond donors (Lipinski definition) is 1. The standard InChI is InChI=1S/C17H15F3N4S/c1-10(2)11-5-12(14-8-21-9-25-14)7-13(6-11)23-16-22-4-3-15(24-16)17(18,19)20/h3-10H,1-2H3,(H,22,23,24). The zero-order chi connectivity index (χ0) is 18.0. The van der Waals surface area contributed by atoms with Gasteiger partial charge in [-0.15, -0.1) is 11.3 Å². The first kappa shape index (κ1) is 17.3. The summed E-state index contributed by atoms with van der Waals surface area (Å²) in [7, 11) is 0. The number of thiazole rings is 1. The third-order valence-electron chi connectivity index (χ3n) is 3.54. The molecule has 3 aromatic rings. The fourth-order valence-corrected chi connectivity index (χ4v) is 2.87. The van der Waals surface area contributed by atoms with Crippen molar-refractivity contribution in [3.8, 4) is 10.4 Å². The predicted octanol–water partition coefficient (Wildman–Crippen LogP) is 5.49. The molecule has 1 aromatic carbocycles. The summed E-state index contributed by atoms with van der Waals surface area (Å²) in [4.78, 5) is 12.5. The minimum absolute atomic E-state index is 0.0917. The average Bonchev–Trinajstić information content (AvgIpc) is 3.08. The van der Waals surface area contributed by atoms with Gasteiger partial charge >= 0.3 is 6.18 Å². The van der Waals surface area contributed by atoms with Crippen LogP contribution in [0.4, 0.5) is 24.8 Å². The Morgan fingerprint density at radius 2 is 1.96 bits per heavy atom. The molecule has 25 heavy (non-hydrogen) atoms. The van der Waals surface area contributed by atoms with E-state index in [-0.39, 0.29) is 11.9 Å². The lowest BCUT2D eigenvalue weighted by Gasteiger charge is -2.13. The van der Waals surface area contributed by atoms with Crippen LogP contribution >= 0.6 is 11.3 Å². The van der Waals surface area contributed by atoms with Crippen LogP contribution in [0.5, 0.6) is 0 Å². The number of anilines is 2. The molecule has 0 saturated heterocycles. The molecule has 2 aromatic heterocycles. The van der Waals surface area contributed by atoms with E-state index in [1.807, 2.05) is 12.1 Å². The van der Waals surface area contributed by atoms with Gasteiger partial charge in [0.05, 0.1) is 10.4 Å². The minimum atomic E-state index is -4.51. The normalized spacial score (nSPS) is 11.8.